The molecule has 2 aliphatic heterocycles. The van der Waals surface area contributed by atoms with Gasteiger partial charge in [-0.1, -0.05) is 13.8 Å². The number of piperazine rings is 1. The lowest BCUT2D eigenvalue weighted by atomic mass is 9.96. The van der Waals surface area contributed by atoms with Gasteiger partial charge in [-0.05, 0) is 31.7 Å². The van der Waals surface area contributed by atoms with E-state index >= 15 is 0 Å². The van der Waals surface area contributed by atoms with E-state index in [1.54, 1.807) is 17.9 Å². The number of carbonyl (C=O) groups is 3. The third kappa shape index (κ3) is 3.48. The second kappa shape index (κ2) is 7.13. The Hall–Kier alpha value is -2.31. The second-order valence-electron chi connectivity index (χ2n) is 7.77. The van der Waals surface area contributed by atoms with Crippen LogP contribution in [-0.2, 0) is 9.59 Å². The fourth-order valence-corrected chi connectivity index (χ4v) is 4.09. The SMILES string of the molecule is CC(=O)NC1CC2CN(C(=O)c3ccoc3C)C(CC(C)C)C(=O)N2C1. The van der Waals surface area contributed by atoms with Gasteiger partial charge in [0.05, 0.1) is 17.9 Å². The number of aryl methyl sites for hydroxylation is 1. The van der Waals surface area contributed by atoms with Crippen LogP contribution in [0, 0.1) is 12.8 Å². The van der Waals surface area contributed by atoms with E-state index in [0.29, 0.717) is 37.3 Å². The number of hydrogen-bond donors (Lipinski definition) is 1. The maximum Gasteiger partial charge on any atom is 0.258 e. The monoisotopic (exact) mass is 361 g/mol. The van der Waals surface area contributed by atoms with Crippen LogP contribution in [0.2, 0.25) is 0 Å². The first-order valence-electron chi connectivity index (χ1n) is 9.20. The molecule has 1 aromatic rings. The molecule has 3 amide bonds. The van der Waals surface area contributed by atoms with Crippen molar-refractivity contribution in [1.29, 1.82) is 0 Å². The highest BCUT2D eigenvalue weighted by Gasteiger charge is 2.47. The highest BCUT2D eigenvalue weighted by molar-refractivity contribution is 5.99. The first kappa shape index (κ1) is 18.5. The molecule has 142 valence electrons. The van der Waals surface area contributed by atoms with Gasteiger partial charge in [-0.3, -0.25) is 14.4 Å². The Kier molecular flexibility index (Phi) is 5.07. The molecule has 0 spiro atoms. The number of rotatable bonds is 4. The zero-order valence-electron chi connectivity index (χ0n) is 15.8. The summed E-state index contributed by atoms with van der Waals surface area (Å²) in [5, 5.41) is 2.90. The Morgan fingerprint density at radius 2 is 2.08 bits per heavy atom. The van der Waals surface area contributed by atoms with E-state index in [-0.39, 0.29) is 35.7 Å². The fraction of sp³-hybridized carbons (Fsp3) is 0.632. The molecule has 2 saturated heterocycles. The second-order valence-corrected chi connectivity index (χ2v) is 7.77. The number of fused-ring (bicyclic) bond motifs is 1. The molecule has 1 N–H and O–H groups in total. The van der Waals surface area contributed by atoms with E-state index in [1.165, 1.54) is 13.2 Å². The molecule has 0 bridgehead atoms. The summed E-state index contributed by atoms with van der Waals surface area (Å²) in [4.78, 5) is 41.2. The minimum atomic E-state index is -0.468. The molecule has 26 heavy (non-hydrogen) atoms. The number of nitrogens with zero attached hydrogens (tertiary/aromatic N) is 2. The van der Waals surface area contributed by atoms with E-state index in [9.17, 15) is 14.4 Å². The molecule has 3 unspecified atom stereocenters. The molecule has 1 aromatic heterocycles. The zero-order chi connectivity index (χ0) is 19.0. The van der Waals surface area contributed by atoms with E-state index in [2.05, 4.69) is 19.2 Å². The molecule has 3 rings (SSSR count). The summed E-state index contributed by atoms with van der Waals surface area (Å²) in [5.41, 5.74) is 0.511. The van der Waals surface area contributed by atoms with E-state index < -0.39 is 6.04 Å². The normalized spacial score (nSPS) is 25.6. The van der Waals surface area contributed by atoms with Gasteiger partial charge in [0.25, 0.3) is 5.91 Å². The first-order chi connectivity index (χ1) is 12.3. The number of nitrogens with one attached hydrogen (secondary N) is 1. The topological polar surface area (TPSA) is 82.9 Å². The van der Waals surface area contributed by atoms with Gasteiger partial charge in [0, 0.05) is 26.1 Å². The number of amides is 3. The Morgan fingerprint density at radius 1 is 1.35 bits per heavy atom. The van der Waals surface area contributed by atoms with Gasteiger partial charge in [0.2, 0.25) is 11.8 Å². The van der Waals surface area contributed by atoms with Crippen molar-refractivity contribution >= 4 is 17.7 Å². The smallest absolute Gasteiger partial charge is 0.258 e. The summed E-state index contributed by atoms with van der Waals surface area (Å²) in [6.07, 6.45) is 2.80. The highest BCUT2D eigenvalue weighted by atomic mass is 16.3. The fourth-order valence-electron chi connectivity index (χ4n) is 4.09. The molecular weight excluding hydrogens is 334 g/mol. The van der Waals surface area contributed by atoms with Gasteiger partial charge >= 0.3 is 0 Å². The van der Waals surface area contributed by atoms with Gasteiger partial charge in [-0.15, -0.1) is 0 Å². The van der Waals surface area contributed by atoms with Crippen LogP contribution in [0.3, 0.4) is 0 Å². The number of furan rings is 1. The Labute approximate surface area is 153 Å². The van der Waals surface area contributed by atoms with Crippen LogP contribution in [0.1, 0.15) is 49.7 Å². The molecule has 3 heterocycles. The van der Waals surface area contributed by atoms with Crippen LogP contribution in [-0.4, -0.2) is 58.7 Å². The first-order valence-corrected chi connectivity index (χ1v) is 9.20. The van der Waals surface area contributed by atoms with Crippen LogP contribution < -0.4 is 5.32 Å². The van der Waals surface area contributed by atoms with Gasteiger partial charge in [0.15, 0.2) is 0 Å². The quantitative estimate of drug-likeness (QED) is 0.882. The maximum atomic E-state index is 13.1. The molecule has 2 aliphatic rings. The van der Waals surface area contributed by atoms with Crippen molar-refractivity contribution in [2.75, 3.05) is 13.1 Å². The third-order valence-corrected chi connectivity index (χ3v) is 5.22. The molecule has 7 nitrogen and oxygen atoms in total. The minimum absolute atomic E-state index is 0.0164. The van der Waals surface area contributed by atoms with Crippen LogP contribution in [0.15, 0.2) is 16.7 Å². The third-order valence-electron chi connectivity index (χ3n) is 5.22. The van der Waals surface area contributed by atoms with Crippen molar-refractivity contribution in [2.24, 2.45) is 5.92 Å². The number of carbonyl (C=O) groups excluding carboxylic acids is 3. The highest BCUT2D eigenvalue weighted by Crippen LogP contribution is 2.30. The van der Waals surface area contributed by atoms with Gasteiger partial charge < -0.3 is 19.5 Å². The summed E-state index contributed by atoms with van der Waals surface area (Å²) in [5.74, 6) is 0.587. The molecule has 0 aromatic carbocycles. The van der Waals surface area contributed by atoms with Gasteiger partial charge in [0.1, 0.15) is 11.8 Å². The van der Waals surface area contributed by atoms with Gasteiger partial charge in [-0.25, -0.2) is 0 Å². The summed E-state index contributed by atoms with van der Waals surface area (Å²) < 4.78 is 5.28. The average molecular weight is 361 g/mol. The molecule has 2 fully saturated rings. The molecule has 7 heteroatoms. The predicted octanol–water partition coefficient (Wildman–Crippen LogP) is 1.56. The van der Waals surface area contributed by atoms with E-state index in [0.717, 1.165) is 0 Å². The Bertz CT molecular complexity index is 711. The average Bonchev–Trinajstić information content (AvgIpc) is 3.14. The summed E-state index contributed by atoms with van der Waals surface area (Å²) in [6, 6.07) is 1.09. The standard InChI is InChI=1S/C19H27N3O4/c1-11(2)7-17-19(25)21-9-14(20-13(4)23)8-15(21)10-22(17)18(24)16-5-6-26-12(16)3/h5-6,11,14-15,17H,7-10H2,1-4H3,(H,20,23). The van der Waals surface area contributed by atoms with Gasteiger partial charge in [-0.2, -0.15) is 0 Å². The lowest BCUT2D eigenvalue weighted by Crippen LogP contribution is -2.61. The Balaban J connectivity index is 1.86. The van der Waals surface area contributed by atoms with E-state index in [1.807, 2.05) is 4.90 Å². The van der Waals surface area contributed by atoms with Crippen molar-refractivity contribution in [3.8, 4) is 0 Å². The van der Waals surface area contributed by atoms with Crippen LogP contribution in [0.5, 0.6) is 0 Å². The molecule has 0 saturated carbocycles. The Morgan fingerprint density at radius 3 is 2.65 bits per heavy atom. The molecular formula is C19H27N3O4. The van der Waals surface area contributed by atoms with Crippen LogP contribution in [0.25, 0.3) is 0 Å². The lowest BCUT2D eigenvalue weighted by molar-refractivity contribution is -0.142. The maximum absolute atomic E-state index is 13.1. The zero-order valence-corrected chi connectivity index (χ0v) is 15.8. The largest absolute Gasteiger partial charge is 0.469 e. The van der Waals surface area contributed by atoms with Crippen molar-refractivity contribution in [1.82, 2.24) is 15.1 Å². The van der Waals surface area contributed by atoms with Crippen LogP contribution in [0.4, 0.5) is 0 Å². The van der Waals surface area contributed by atoms with Crippen LogP contribution >= 0.6 is 0 Å². The van der Waals surface area contributed by atoms with Crippen molar-refractivity contribution in [3.05, 3.63) is 23.7 Å². The minimum Gasteiger partial charge on any atom is -0.469 e. The number of hydrogen-bond acceptors (Lipinski definition) is 4. The molecule has 0 radical (unpaired) electrons. The molecule has 0 aliphatic carbocycles. The summed E-state index contributed by atoms with van der Waals surface area (Å²) in [7, 11) is 0. The summed E-state index contributed by atoms with van der Waals surface area (Å²) in [6.45, 7) is 8.35. The van der Waals surface area contributed by atoms with Crippen molar-refractivity contribution < 1.29 is 18.8 Å². The van der Waals surface area contributed by atoms with Crippen molar-refractivity contribution in [2.45, 2.75) is 58.7 Å². The summed E-state index contributed by atoms with van der Waals surface area (Å²) >= 11 is 0. The van der Waals surface area contributed by atoms with E-state index in [4.69, 9.17) is 4.42 Å². The lowest BCUT2D eigenvalue weighted by Gasteiger charge is -2.43. The van der Waals surface area contributed by atoms with Crippen molar-refractivity contribution in [3.63, 3.8) is 0 Å². The predicted molar refractivity (Wildman–Crippen MR) is 95.4 cm³/mol. The molecule has 3 atom stereocenters.